The highest BCUT2D eigenvalue weighted by Gasteiger charge is 2.08. The van der Waals surface area contributed by atoms with Crippen LogP contribution < -0.4 is 10.6 Å². The van der Waals surface area contributed by atoms with E-state index in [2.05, 4.69) is 15.6 Å². The number of pyridine rings is 1. The number of carboxylic acid groups (broad SMARTS) is 1. The van der Waals surface area contributed by atoms with Crippen LogP contribution in [0.25, 0.3) is 0 Å². The third-order valence-corrected chi connectivity index (χ3v) is 3.13. The normalized spacial score (nSPS) is 11.7. The Labute approximate surface area is 125 Å². The molecule has 0 fully saturated rings. The van der Waals surface area contributed by atoms with Crippen molar-refractivity contribution in [1.29, 1.82) is 0 Å². The summed E-state index contributed by atoms with van der Waals surface area (Å²) in [5.74, 6) is -0.753. The molecule has 0 spiro atoms. The van der Waals surface area contributed by atoms with Crippen molar-refractivity contribution in [2.24, 2.45) is 0 Å². The van der Waals surface area contributed by atoms with Gasteiger partial charge in [0, 0.05) is 25.4 Å². The van der Waals surface area contributed by atoms with Gasteiger partial charge in [0.2, 0.25) is 0 Å². The van der Waals surface area contributed by atoms with Crippen LogP contribution in [-0.4, -0.2) is 28.6 Å². The molecule has 6 heteroatoms. The minimum absolute atomic E-state index is 0.0886. The first-order valence-corrected chi connectivity index (χ1v) is 7.25. The number of nitrogens with one attached hydrogen (secondary N) is 2. The third-order valence-electron chi connectivity index (χ3n) is 3.13. The van der Waals surface area contributed by atoms with Crippen molar-refractivity contribution in [3.63, 3.8) is 0 Å². The van der Waals surface area contributed by atoms with Crippen LogP contribution in [0.2, 0.25) is 0 Å². The molecule has 1 atom stereocenters. The van der Waals surface area contributed by atoms with E-state index in [0.29, 0.717) is 13.0 Å². The van der Waals surface area contributed by atoms with E-state index in [1.54, 1.807) is 12.4 Å². The summed E-state index contributed by atoms with van der Waals surface area (Å²) < 4.78 is 0. The molecule has 116 valence electrons. The fourth-order valence-electron chi connectivity index (χ4n) is 1.92. The van der Waals surface area contributed by atoms with Crippen molar-refractivity contribution in [3.05, 3.63) is 30.1 Å². The van der Waals surface area contributed by atoms with E-state index < -0.39 is 5.97 Å². The average Bonchev–Trinajstić information content (AvgIpc) is 2.46. The fourth-order valence-corrected chi connectivity index (χ4v) is 1.92. The first-order valence-electron chi connectivity index (χ1n) is 7.25. The molecule has 2 amide bonds. The second-order valence-electron chi connectivity index (χ2n) is 4.97. The summed E-state index contributed by atoms with van der Waals surface area (Å²) in [6, 6.07) is 3.47. The summed E-state index contributed by atoms with van der Waals surface area (Å²) in [5.41, 5.74) is 0.960. The number of carbonyl (C=O) groups is 2. The summed E-state index contributed by atoms with van der Waals surface area (Å²) in [6.45, 7) is 2.50. The van der Waals surface area contributed by atoms with E-state index in [9.17, 15) is 9.59 Å². The molecule has 0 aliphatic heterocycles. The van der Waals surface area contributed by atoms with Gasteiger partial charge < -0.3 is 15.7 Å². The Morgan fingerprint density at radius 1 is 1.29 bits per heavy atom. The standard InChI is InChI=1S/C15H23N3O3/c1-12(13-7-6-9-16-11-13)18-15(21)17-10-5-3-2-4-8-14(19)20/h6-7,9,11-12H,2-5,8,10H2,1H3,(H,19,20)(H2,17,18,21). The lowest BCUT2D eigenvalue weighted by molar-refractivity contribution is -0.137. The summed E-state index contributed by atoms with van der Waals surface area (Å²) in [5, 5.41) is 14.1. The molecule has 6 nitrogen and oxygen atoms in total. The van der Waals surface area contributed by atoms with Gasteiger partial charge in [-0.15, -0.1) is 0 Å². The van der Waals surface area contributed by atoms with E-state index in [1.165, 1.54) is 0 Å². The van der Waals surface area contributed by atoms with Gasteiger partial charge in [0.05, 0.1) is 6.04 Å². The van der Waals surface area contributed by atoms with Crippen LogP contribution in [0.5, 0.6) is 0 Å². The van der Waals surface area contributed by atoms with Gasteiger partial charge in [-0.1, -0.05) is 18.9 Å². The number of unbranched alkanes of at least 4 members (excludes halogenated alkanes) is 3. The van der Waals surface area contributed by atoms with Gasteiger partial charge in [0.1, 0.15) is 0 Å². The van der Waals surface area contributed by atoms with E-state index >= 15 is 0 Å². The molecular weight excluding hydrogens is 270 g/mol. The number of rotatable bonds is 9. The number of carbonyl (C=O) groups excluding carboxylic acids is 1. The van der Waals surface area contributed by atoms with Crippen LogP contribution in [0.4, 0.5) is 4.79 Å². The molecule has 0 bridgehead atoms. The Hall–Kier alpha value is -2.11. The molecule has 1 aromatic rings. The molecular formula is C15H23N3O3. The summed E-state index contributed by atoms with van der Waals surface area (Å²) in [4.78, 5) is 26.0. The van der Waals surface area contributed by atoms with Gasteiger partial charge in [-0.3, -0.25) is 9.78 Å². The number of aliphatic carboxylic acids is 1. The van der Waals surface area contributed by atoms with Crippen LogP contribution in [0.1, 0.15) is 50.6 Å². The first kappa shape index (κ1) is 16.9. The smallest absolute Gasteiger partial charge is 0.315 e. The number of urea groups is 1. The first-order chi connectivity index (χ1) is 10.1. The number of nitrogens with zero attached hydrogens (tertiary/aromatic N) is 1. The lowest BCUT2D eigenvalue weighted by Gasteiger charge is -2.14. The van der Waals surface area contributed by atoms with E-state index in [0.717, 1.165) is 24.8 Å². The van der Waals surface area contributed by atoms with Crippen LogP contribution >= 0.6 is 0 Å². The Morgan fingerprint density at radius 2 is 2.05 bits per heavy atom. The predicted octanol–water partition coefficient (Wildman–Crippen LogP) is 2.48. The Kier molecular flexibility index (Phi) is 7.86. The van der Waals surface area contributed by atoms with Crippen molar-refractivity contribution < 1.29 is 14.7 Å². The molecule has 0 aromatic carbocycles. The maximum Gasteiger partial charge on any atom is 0.315 e. The molecule has 3 N–H and O–H groups in total. The molecule has 1 heterocycles. The van der Waals surface area contributed by atoms with E-state index in [1.807, 2.05) is 19.1 Å². The maximum absolute atomic E-state index is 11.7. The van der Waals surface area contributed by atoms with Crippen molar-refractivity contribution in [2.45, 2.75) is 45.1 Å². The summed E-state index contributed by atoms with van der Waals surface area (Å²) in [6.07, 6.45) is 6.99. The van der Waals surface area contributed by atoms with Crippen LogP contribution in [0, 0.1) is 0 Å². The maximum atomic E-state index is 11.7. The number of aromatic nitrogens is 1. The molecule has 1 rings (SSSR count). The van der Waals surface area contributed by atoms with Gasteiger partial charge in [-0.25, -0.2) is 4.79 Å². The van der Waals surface area contributed by atoms with Gasteiger partial charge in [0.15, 0.2) is 0 Å². The SMILES string of the molecule is CC(NC(=O)NCCCCCCC(=O)O)c1cccnc1. The molecule has 0 saturated carbocycles. The van der Waals surface area contributed by atoms with Crippen molar-refractivity contribution in [3.8, 4) is 0 Å². The second kappa shape index (κ2) is 9.74. The third kappa shape index (κ3) is 7.91. The topological polar surface area (TPSA) is 91.3 Å². The summed E-state index contributed by atoms with van der Waals surface area (Å²) in [7, 11) is 0. The largest absolute Gasteiger partial charge is 0.481 e. The lowest BCUT2D eigenvalue weighted by atomic mass is 10.1. The summed E-state index contributed by atoms with van der Waals surface area (Å²) >= 11 is 0. The quantitative estimate of drug-likeness (QED) is 0.610. The van der Waals surface area contributed by atoms with Crippen molar-refractivity contribution in [1.82, 2.24) is 15.6 Å². The predicted molar refractivity (Wildman–Crippen MR) is 79.9 cm³/mol. The lowest BCUT2D eigenvalue weighted by Crippen LogP contribution is -2.37. The number of hydrogen-bond donors (Lipinski definition) is 3. The molecule has 0 aliphatic carbocycles. The van der Waals surface area contributed by atoms with Gasteiger partial charge in [-0.2, -0.15) is 0 Å². The number of hydrogen-bond acceptors (Lipinski definition) is 3. The highest BCUT2D eigenvalue weighted by Crippen LogP contribution is 2.09. The Morgan fingerprint density at radius 3 is 2.71 bits per heavy atom. The highest BCUT2D eigenvalue weighted by atomic mass is 16.4. The van der Waals surface area contributed by atoms with Gasteiger partial charge >= 0.3 is 12.0 Å². The average molecular weight is 293 g/mol. The van der Waals surface area contributed by atoms with Crippen molar-refractivity contribution >= 4 is 12.0 Å². The van der Waals surface area contributed by atoms with Crippen molar-refractivity contribution in [2.75, 3.05) is 6.54 Å². The molecule has 1 unspecified atom stereocenters. The Balaban J connectivity index is 2.07. The number of amides is 2. The molecule has 1 aromatic heterocycles. The molecule has 0 aliphatic rings. The zero-order valence-electron chi connectivity index (χ0n) is 12.3. The van der Waals surface area contributed by atoms with Crippen LogP contribution in [0.3, 0.4) is 0 Å². The van der Waals surface area contributed by atoms with Crippen LogP contribution in [-0.2, 0) is 4.79 Å². The Bertz CT molecular complexity index is 437. The van der Waals surface area contributed by atoms with Gasteiger partial charge in [0.25, 0.3) is 0 Å². The molecule has 21 heavy (non-hydrogen) atoms. The zero-order valence-corrected chi connectivity index (χ0v) is 12.3. The van der Waals surface area contributed by atoms with E-state index in [4.69, 9.17) is 5.11 Å². The highest BCUT2D eigenvalue weighted by molar-refractivity contribution is 5.74. The van der Waals surface area contributed by atoms with E-state index in [-0.39, 0.29) is 18.5 Å². The fraction of sp³-hybridized carbons (Fsp3) is 0.533. The zero-order chi connectivity index (χ0) is 15.5. The minimum atomic E-state index is -0.753. The molecule has 0 saturated heterocycles. The number of carboxylic acids is 1. The minimum Gasteiger partial charge on any atom is -0.481 e. The second-order valence-corrected chi connectivity index (χ2v) is 4.97. The van der Waals surface area contributed by atoms with Crippen LogP contribution in [0.15, 0.2) is 24.5 Å². The monoisotopic (exact) mass is 293 g/mol. The molecule has 0 radical (unpaired) electrons. The van der Waals surface area contributed by atoms with Gasteiger partial charge in [-0.05, 0) is 31.4 Å².